The molecule has 0 spiro atoms. The van der Waals surface area contributed by atoms with Crippen molar-refractivity contribution >= 4 is 17.6 Å². The first-order valence-electron chi connectivity index (χ1n) is 12.4. The zero-order chi connectivity index (χ0) is 24.6. The number of halogens is 1. The van der Waals surface area contributed by atoms with E-state index in [2.05, 4.69) is 22.1 Å². The van der Waals surface area contributed by atoms with Crippen molar-refractivity contribution in [3.63, 3.8) is 0 Å². The lowest BCUT2D eigenvalue weighted by Gasteiger charge is -2.42. The number of likely N-dealkylation sites (tertiary alicyclic amines) is 1. The van der Waals surface area contributed by atoms with Crippen LogP contribution in [0.2, 0.25) is 5.02 Å². The number of aliphatic hydroxyl groups excluding tert-OH is 1. The summed E-state index contributed by atoms with van der Waals surface area (Å²) in [5.74, 6) is -0.401. The van der Waals surface area contributed by atoms with Gasteiger partial charge in [-0.2, -0.15) is 0 Å². The minimum Gasteiger partial charge on any atom is -0.455 e. The summed E-state index contributed by atoms with van der Waals surface area (Å²) in [4.78, 5) is 14.7. The molecule has 0 radical (unpaired) electrons. The summed E-state index contributed by atoms with van der Waals surface area (Å²) >= 11 is 6.11. The van der Waals surface area contributed by atoms with Crippen LogP contribution in [-0.2, 0) is 11.3 Å². The first kappa shape index (κ1) is 25.4. The second kappa shape index (κ2) is 12.3. The first-order chi connectivity index (χ1) is 17.0. The second-order valence-corrected chi connectivity index (χ2v) is 9.56. The van der Waals surface area contributed by atoms with Crippen molar-refractivity contribution in [3.05, 3.63) is 82.6 Å². The molecule has 1 saturated heterocycles. The molecule has 1 N–H and O–H groups in total. The van der Waals surface area contributed by atoms with E-state index in [-0.39, 0.29) is 18.7 Å². The lowest BCUT2D eigenvalue weighted by Crippen LogP contribution is -2.46. The van der Waals surface area contributed by atoms with E-state index >= 15 is 0 Å². The van der Waals surface area contributed by atoms with E-state index in [0.717, 1.165) is 18.5 Å². The molecular formula is C27H33ClN4O3. The summed E-state index contributed by atoms with van der Waals surface area (Å²) in [7, 11) is 0. The molecule has 3 atom stereocenters. The Morgan fingerprint density at radius 2 is 1.89 bits per heavy atom. The van der Waals surface area contributed by atoms with Gasteiger partial charge in [-0.1, -0.05) is 73.3 Å². The van der Waals surface area contributed by atoms with Crippen LogP contribution >= 0.6 is 11.6 Å². The Bertz CT molecular complexity index is 1070. The predicted molar refractivity (Wildman–Crippen MR) is 135 cm³/mol. The highest BCUT2D eigenvalue weighted by Crippen LogP contribution is 2.36. The van der Waals surface area contributed by atoms with Crippen molar-refractivity contribution in [1.82, 2.24) is 19.9 Å². The highest BCUT2D eigenvalue weighted by molar-refractivity contribution is 6.30. The summed E-state index contributed by atoms with van der Waals surface area (Å²) < 4.78 is 7.10. The molecular weight excluding hydrogens is 464 g/mol. The Balaban J connectivity index is 1.43. The third kappa shape index (κ3) is 6.69. The maximum absolute atomic E-state index is 12.2. The Kier molecular flexibility index (Phi) is 8.90. The van der Waals surface area contributed by atoms with Crippen molar-refractivity contribution in [2.75, 3.05) is 13.1 Å². The van der Waals surface area contributed by atoms with Gasteiger partial charge < -0.3 is 9.84 Å². The molecule has 1 aliphatic rings. The van der Waals surface area contributed by atoms with Crippen LogP contribution < -0.4 is 0 Å². The third-order valence-corrected chi connectivity index (χ3v) is 6.84. The number of ether oxygens (including phenoxy) is 1. The fraction of sp³-hybridized carbons (Fsp3) is 0.444. The lowest BCUT2D eigenvalue weighted by molar-refractivity contribution is -0.00778. The molecule has 0 unspecified atom stereocenters. The van der Waals surface area contributed by atoms with Gasteiger partial charge in [-0.3, -0.25) is 4.90 Å². The third-order valence-electron chi connectivity index (χ3n) is 6.58. The summed E-state index contributed by atoms with van der Waals surface area (Å²) in [6.45, 7) is 3.86. The second-order valence-electron chi connectivity index (χ2n) is 9.13. The number of benzene rings is 2. The molecule has 35 heavy (non-hydrogen) atoms. The average Bonchev–Trinajstić information content (AvgIpc) is 3.35. The minimum absolute atomic E-state index is 0.0324. The van der Waals surface area contributed by atoms with Gasteiger partial charge in [0.2, 0.25) is 0 Å². The first-order valence-corrected chi connectivity index (χ1v) is 12.7. The number of aliphatic hydroxyl groups is 1. The Morgan fingerprint density at radius 3 is 2.63 bits per heavy atom. The fourth-order valence-electron chi connectivity index (χ4n) is 4.64. The number of piperidine rings is 1. The van der Waals surface area contributed by atoms with Gasteiger partial charge >= 0.3 is 5.97 Å². The Hall–Kier alpha value is -2.74. The summed E-state index contributed by atoms with van der Waals surface area (Å²) in [6, 6.07) is 16.7. The molecule has 186 valence electrons. The highest BCUT2D eigenvalue weighted by atomic mass is 35.5. The predicted octanol–water partition coefficient (Wildman–Crippen LogP) is 5.22. The monoisotopic (exact) mass is 496 g/mol. The van der Waals surface area contributed by atoms with Crippen LogP contribution in [0.25, 0.3) is 0 Å². The van der Waals surface area contributed by atoms with Gasteiger partial charge in [0.1, 0.15) is 12.3 Å². The molecule has 0 aliphatic carbocycles. The van der Waals surface area contributed by atoms with E-state index in [4.69, 9.17) is 16.3 Å². The van der Waals surface area contributed by atoms with Crippen LogP contribution in [0, 0.1) is 0 Å². The maximum Gasteiger partial charge on any atom is 0.338 e. The van der Waals surface area contributed by atoms with E-state index in [9.17, 15) is 9.90 Å². The van der Waals surface area contributed by atoms with E-state index in [1.165, 1.54) is 19.3 Å². The molecule has 7 nitrogen and oxygen atoms in total. The highest BCUT2D eigenvalue weighted by Gasteiger charge is 2.36. The van der Waals surface area contributed by atoms with Crippen molar-refractivity contribution < 1.29 is 14.6 Å². The number of carbonyl (C=O) groups excluding carboxylic acids is 1. The molecule has 2 aromatic carbocycles. The zero-order valence-electron chi connectivity index (χ0n) is 20.1. The Labute approximate surface area is 211 Å². The molecule has 0 amide bonds. The number of hydrogen-bond acceptors (Lipinski definition) is 6. The van der Waals surface area contributed by atoms with Gasteiger partial charge in [0.05, 0.1) is 23.9 Å². The number of nitrogens with zero attached hydrogens (tertiary/aromatic N) is 4. The number of aromatic nitrogens is 3. The van der Waals surface area contributed by atoms with Gasteiger partial charge in [-0.15, -0.1) is 5.10 Å². The summed E-state index contributed by atoms with van der Waals surface area (Å²) in [6.07, 6.45) is 6.50. The van der Waals surface area contributed by atoms with Crippen molar-refractivity contribution in [3.8, 4) is 0 Å². The van der Waals surface area contributed by atoms with Crippen LogP contribution in [0.1, 0.15) is 72.7 Å². The van der Waals surface area contributed by atoms with Gasteiger partial charge in [0.25, 0.3) is 0 Å². The molecule has 3 aromatic rings. The fourth-order valence-corrected chi connectivity index (χ4v) is 4.77. The van der Waals surface area contributed by atoms with Gasteiger partial charge in [0, 0.05) is 17.6 Å². The number of esters is 1. The summed E-state index contributed by atoms with van der Waals surface area (Å²) in [5, 5.41) is 20.2. The topological polar surface area (TPSA) is 80.5 Å². The van der Waals surface area contributed by atoms with Crippen LogP contribution in [0.3, 0.4) is 0 Å². The van der Waals surface area contributed by atoms with Crippen molar-refractivity contribution in [1.29, 1.82) is 0 Å². The molecule has 0 saturated carbocycles. The van der Waals surface area contributed by atoms with E-state index in [1.54, 1.807) is 35.1 Å². The van der Waals surface area contributed by atoms with E-state index in [1.807, 2.05) is 30.3 Å². The number of rotatable bonds is 10. The average molecular weight is 497 g/mol. The van der Waals surface area contributed by atoms with Crippen LogP contribution in [-0.4, -0.2) is 50.2 Å². The maximum atomic E-state index is 12.2. The standard InChI is InChI=1S/C27H33ClN4O3/c1-2-3-4-8-15-31-18-25(26(33)16-24(31)20-11-13-22(28)14-12-20)32-17-23(29-30-32)19-35-27(34)21-9-6-5-7-10-21/h5-7,9-14,17,24-26,33H,2-4,8,15-16,18-19H2,1H3/t24-,25-,26-/m0/s1. The minimum atomic E-state index is -0.580. The number of carbonyl (C=O) groups is 1. The van der Waals surface area contributed by atoms with Gasteiger partial charge in [-0.25, -0.2) is 9.48 Å². The molecule has 2 heterocycles. The van der Waals surface area contributed by atoms with E-state index in [0.29, 0.717) is 29.2 Å². The normalized spacial score (nSPS) is 20.6. The number of hydrogen-bond donors (Lipinski definition) is 1. The largest absolute Gasteiger partial charge is 0.455 e. The SMILES string of the molecule is CCCCCCN1C[C@H](n2cc(COC(=O)c3ccccc3)nn2)[C@@H](O)C[C@H]1c1ccc(Cl)cc1. The Morgan fingerprint density at radius 1 is 1.11 bits per heavy atom. The molecule has 1 aromatic heterocycles. The zero-order valence-corrected chi connectivity index (χ0v) is 20.8. The molecule has 1 fully saturated rings. The van der Waals surface area contributed by atoms with Gasteiger partial charge in [-0.05, 0) is 49.2 Å². The quantitative estimate of drug-likeness (QED) is 0.306. The van der Waals surface area contributed by atoms with Crippen LogP contribution in [0.5, 0.6) is 0 Å². The molecule has 4 rings (SSSR count). The number of unbranched alkanes of at least 4 members (excludes halogenated alkanes) is 3. The molecule has 0 bridgehead atoms. The molecule has 8 heteroatoms. The summed E-state index contributed by atoms with van der Waals surface area (Å²) in [5.41, 5.74) is 2.21. The van der Waals surface area contributed by atoms with Crippen LogP contribution in [0.15, 0.2) is 60.8 Å². The van der Waals surface area contributed by atoms with Crippen molar-refractivity contribution in [2.45, 2.75) is 63.8 Å². The van der Waals surface area contributed by atoms with Crippen LogP contribution in [0.4, 0.5) is 0 Å². The smallest absolute Gasteiger partial charge is 0.338 e. The van der Waals surface area contributed by atoms with Gasteiger partial charge in [0.15, 0.2) is 0 Å². The van der Waals surface area contributed by atoms with E-state index < -0.39 is 12.1 Å². The molecule has 1 aliphatic heterocycles. The lowest BCUT2D eigenvalue weighted by atomic mass is 9.90. The van der Waals surface area contributed by atoms with Crippen molar-refractivity contribution in [2.24, 2.45) is 0 Å².